The standard InChI is InChI=1S/C15H19FN4/c1-2-3-14-17-6-7-20(14)15-11(8-12(16)10-19-15)9-18-13-4-5-13/h6-8,10,13,18H,2-5,9H2,1H3. The van der Waals surface area contributed by atoms with Crippen molar-refractivity contribution in [3.05, 3.63) is 41.9 Å². The van der Waals surface area contributed by atoms with Gasteiger partial charge in [-0.1, -0.05) is 6.92 Å². The Morgan fingerprint density at radius 3 is 3.00 bits per heavy atom. The number of halogens is 1. The van der Waals surface area contributed by atoms with E-state index in [1.807, 2.05) is 10.8 Å². The molecule has 4 nitrogen and oxygen atoms in total. The van der Waals surface area contributed by atoms with Crippen LogP contribution in [-0.4, -0.2) is 20.6 Å². The quantitative estimate of drug-likeness (QED) is 0.880. The molecule has 0 radical (unpaired) electrons. The molecule has 1 saturated carbocycles. The summed E-state index contributed by atoms with van der Waals surface area (Å²) in [4.78, 5) is 8.63. The van der Waals surface area contributed by atoms with Gasteiger partial charge in [-0.3, -0.25) is 4.57 Å². The van der Waals surface area contributed by atoms with Crippen LogP contribution in [0.25, 0.3) is 5.82 Å². The van der Waals surface area contributed by atoms with Gasteiger partial charge in [0.1, 0.15) is 17.5 Å². The van der Waals surface area contributed by atoms with E-state index >= 15 is 0 Å². The molecular weight excluding hydrogens is 255 g/mol. The van der Waals surface area contributed by atoms with Crippen LogP contribution in [0.4, 0.5) is 4.39 Å². The summed E-state index contributed by atoms with van der Waals surface area (Å²) in [5.74, 6) is 1.46. The van der Waals surface area contributed by atoms with Crippen LogP contribution in [0.15, 0.2) is 24.7 Å². The van der Waals surface area contributed by atoms with E-state index in [4.69, 9.17) is 0 Å². The van der Waals surface area contributed by atoms with Crippen LogP contribution in [-0.2, 0) is 13.0 Å². The molecule has 2 heterocycles. The van der Waals surface area contributed by atoms with Crippen LogP contribution in [0.1, 0.15) is 37.6 Å². The third-order valence-corrected chi connectivity index (χ3v) is 3.49. The van der Waals surface area contributed by atoms with E-state index in [0.717, 1.165) is 30.0 Å². The van der Waals surface area contributed by atoms with Gasteiger partial charge in [-0.25, -0.2) is 14.4 Å². The van der Waals surface area contributed by atoms with Gasteiger partial charge in [0.15, 0.2) is 0 Å². The second-order valence-corrected chi connectivity index (χ2v) is 5.25. The van der Waals surface area contributed by atoms with Crippen molar-refractivity contribution in [3.63, 3.8) is 0 Å². The lowest BCUT2D eigenvalue weighted by Crippen LogP contribution is -2.18. The van der Waals surface area contributed by atoms with Gasteiger partial charge in [0.05, 0.1) is 6.20 Å². The molecular formula is C15H19FN4. The minimum absolute atomic E-state index is 0.293. The highest BCUT2D eigenvalue weighted by Crippen LogP contribution is 2.21. The molecule has 1 fully saturated rings. The summed E-state index contributed by atoms with van der Waals surface area (Å²) < 4.78 is 15.4. The maximum atomic E-state index is 13.5. The van der Waals surface area contributed by atoms with Crippen LogP contribution in [0.5, 0.6) is 0 Å². The van der Waals surface area contributed by atoms with E-state index in [9.17, 15) is 4.39 Å². The summed E-state index contributed by atoms with van der Waals surface area (Å²) in [5.41, 5.74) is 0.882. The summed E-state index contributed by atoms with van der Waals surface area (Å²) in [7, 11) is 0. The average molecular weight is 274 g/mol. The highest BCUT2D eigenvalue weighted by Gasteiger charge is 2.21. The fourth-order valence-corrected chi connectivity index (χ4v) is 2.30. The van der Waals surface area contributed by atoms with Crippen molar-refractivity contribution in [3.8, 4) is 5.82 Å². The van der Waals surface area contributed by atoms with E-state index in [1.165, 1.54) is 19.0 Å². The van der Waals surface area contributed by atoms with E-state index in [2.05, 4.69) is 22.2 Å². The lowest BCUT2D eigenvalue weighted by atomic mass is 10.2. The van der Waals surface area contributed by atoms with E-state index < -0.39 is 0 Å². The molecule has 0 amide bonds. The summed E-state index contributed by atoms with van der Waals surface area (Å²) in [6.45, 7) is 2.77. The maximum Gasteiger partial charge on any atom is 0.142 e. The molecule has 0 atom stereocenters. The Morgan fingerprint density at radius 1 is 1.40 bits per heavy atom. The third-order valence-electron chi connectivity index (χ3n) is 3.49. The van der Waals surface area contributed by atoms with Crippen molar-refractivity contribution in [2.45, 2.75) is 45.2 Å². The Balaban J connectivity index is 1.91. The molecule has 0 spiro atoms. The van der Waals surface area contributed by atoms with Gasteiger partial charge in [0, 0.05) is 37.0 Å². The predicted molar refractivity (Wildman–Crippen MR) is 75.2 cm³/mol. The maximum absolute atomic E-state index is 13.5. The van der Waals surface area contributed by atoms with Crippen molar-refractivity contribution in [2.75, 3.05) is 0 Å². The molecule has 5 heteroatoms. The van der Waals surface area contributed by atoms with Crippen LogP contribution in [0.3, 0.4) is 0 Å². The number of aromatic nitrogens is 3. The molecule has 3 rings (SSSR count). The van der Waals surface area contributed by atoms with Crippen LogP contribution >= 0.6 is 0 Å². The number of imidazole rings is 1. The Kier molecular flexibility index (Phi) is 3.78. The van der Waals surface area contributed by atoms with Crippen LogP contribution in [0, 0.1) is 5.82 Å². The fourth-order valence-electron chi connectivity index (χ4n) is 2.30. The number of hydrogen-bond donors (Lipinski definition) is 1. The third kappa shape index (κ3) is 2.88. The normalized spacial score (nSPS) is 14.7. The SMILES string of the molecule is CCCc1nccn1-c1ncc(F)cc1CNC1CC1. The minimum atomic E-state index is -0.293. The van der Waals surface area contributed by atoms with Gasteiger partial charge in [-0.05, 0) is 25.3 Å². The highest BCUT2D eigenvalue weighted by atomic mass is 19.1. The Morgan fingerprint density at radius 2 is 2.25 bits per heavy atom. The van der Waals surface area contributed by atoms with Crippen molar-refractivity contribution >= 4 is 0 Å². The monoisotopic (exact) mass is 274 g/mol. The first kappa shape index (κ1) is 13.2. The lowest BCUT2D eigenvalue weighted by molar-refractivity contribution is 0.608. The van der Waals surface area contributed by atoms with Gasteiger partial charge in [-0.2, -0.15) is 0 Å². The molecule has 2 aromatic rings. The molecule has 0 bridgehead atoms. The van der Waals surface area contributed by atoms with Gasteiger partial charge in [-0.15, -0.1) is 0 Å². The fraction of sp³-hybridized carbons (Fsp3) is 0.467. The predicted octanol–water partition coefficient (Wildman–Crippen LogP) is 2.61. The van der Waals surface area contributed by atoms with E-state index in [1.54, 1.807) is 12.3 Å². The zero-order valence-electron chi connectivity index (χ0n) is 11.6. The molecule has 1 N–H and O–H groups in total. The van der Waals surface area contributed by atoms with Crippen molar-refractivity contribution in [1.29, 1.82) is 0 Å². The number of nitrogens with one attached hydrogen (secondary N) is 1. The molecule has 1 aliphatic rings. The van der Waals surface area contributed by atoms with Gasteiger partial charge in [0.25, 0.3) is 0 Å². The topological polar surface area (TPSA) is 42.7 Å². The van der Waals surface area contributed by atoms with E-state index in [0.29, 0.717) is 12.6 Å². The molecule has 0 aromatic carbocycles. The summed E-state index contributed by atoms with van der Waals surface area (Å²) >= 11 is 0. The number of pyridine rings is 1. The van der Waals surface area contributed by atoms with Crippen molar-refractivity contribution in [1.82, 2.24) is 19.9 Å². The minimum Gasteiger partial charge on any atom is -0.310 e. The second-order valence-electron chi connectivity index (χ2n) is 5.25. The summed E-state index contributed by atoms with van der Waals surface area (Å²) in [6, 6.07) is 2.15. The van der Waals surface area contributed by atoms with Gasteiger partial charge in [0.2, 0.25) is 0 Å². The number of hydrogen-bond acceptors (Lipinski definition) is 3. The van der Waals surface area contributed by atoms with Crippen LogP contribution < -0.4 is 5.32 Å². The largest absolute Gasteiger partial charge is 0.310 e. The molecule has 0 saturated heterocycles. The Bertz CT molecular complexity index is 589. The molecule has 1 aliphatic carbocycles. The van der Waals surface area contributed by atoms with Gasteiger partial charge >= 0.3 is 0 Å². The molecule has 20 heavy (non-hydrogen) atoms. The number of rotatable bonds is 6. The molecule has 0 aliphatic heterocycles. The molecule has 2 aromatic heterocycles. The zero-order valence-corrected chi connectivity index (χ0v) is 11.6. The smallest absolute Gasteiger partial charge is 0.142 e. The average Bonchev–Trinajstić information content (AvgIpc) is 3.16. The Hall–Kier alpha value is -1.75. The molecule has 106 valence electrons. The van der Waals surface area contributed by atoms with Crippen molar-refractivity contribution < 1.29 is 4.39 Å². The second kappa shape index (κ2) is 5.71. The first-order valence-corrected chi connectivity index (χ1v) is 7.18. The summed E-state index contributed by atoms with van der Waals surface area (Å²) in [6.07, 6.45) is 9.27. The number of aryl methyl sites for hydroxylation is 1. The zero-order chi connectivity index (χ0) is 13.9. The highest BCUT2D eigenvalue weighted by molar-refractivity contribution is 5.35. The first-order chi connectivity index (χ1) is 9.78. The summed E-state index contributed by atoms with van der Waals surface area (Å²) in [5, 5.41) is 3.41. The van der Waals surface area contributed by atoms with Crippen molar-refractivity contribution in [2.24, 2.45) is 0 Å². The number of nitrogens with zero attached hydrogens (tertiary/aromatic N) is 3. The Labute approximate surface area is 118 Å². The first-order valence-electron chi connectivity index (χ1n) is 7.18. The van der Waals surface area contributed by atoms with E-state index in [-0.39, 0.29) is 5.82 Å². The molecule has 0 unspecified atom stereocenters. The van der Waals surface area contributed by atoms with Gasteiger partial charge < -0.3 is 5.32 Å². The van der Waals surface area contributed by atoms with Crippen LogP contribution in [0.2, 0.25) is 0 Å². The lowest BCUT2D eigenvalue weighted by Gasteiger charge is -2.12.